The van der Waals surface area contributed by atoms with Gasteiger partial charge < -0.3 is 0 Å². The van der Waals surface area contributed by atoms with Crippen molar-refractivity contribution in [2.24, 2.45) is 0 Å². The van der Waals surface area contributed by atoms with Crippen molar-refractivity contribution in [3.8, 4) is 0 Å². The molecule has 0 aliphatic heterocycles. The van der Waals surface area contributed by atoms with Crippen LogP contribution in [-0.4, -0.2) is 0 Å². The van der Waals surface area contributed by atoms with Gasteiger partial charge in [0.25, 0.3) is 0 Å². The minimum atomic E-state index is -1.92. The molecule has 0 nitrogen and oxygen atoms in total. The summed E-state index contributed by atoms with van der Waals surface area (Å²) in [5, 5.41) is 0. The molecule has 0 saturated heterocycles. The Labute approximate surface area is 93.2 Å². The SMILES string of the molecule is [I][Hf]([I])([I])[c]1ccccc1. The molecular formula is C6H5HfI3. The van der Waals surface area contributed by atoms with Crippen LogP contribution in [0.2, 0.25) is 0 Å². The van der Waals surface area contributed by atoms with Crippen molar-refractivity contribution < 1.29 is 7.50 Å². The molecule has 1 aromatic carbocycles. The van der Waals surface area contributed by atoms with Crippen LogP contribution in [0.15, 0.2) is 30.3 Å². The third-order valence-electron chi connectivity index (χ3n) is 1.10. The van der Waals surface area contributed by atoms with E-state index >= 15 is 0 Å². The van der Waals surface area contributed by atoms with Gasteiger partial charge in [-0.05, 0) is 0 Å². The zero-order valence-corrected chi connectivity index (χ0v) is 15.1. The van der Waals surface area contributed by atoms with E-state index in [0.29, 0.717) is 0 Å². The summed E-state index contributed by atoms with van der Waals surface area (Å²) in [6.07, 6.45) is 0. The van der Waals surface area contributed by atoms with Gasteiger partial charge >= 0.3 is 95.6 Å². The van der Waals surface area contributed by atoms with Crippen molar-refractivity contribution in [3.05, 3.63) is 30.3 Å². The van der Waals surface area contributed by atoms with Crippen LogP contribution in [0.5, 0.6) is 0 Å². The summed E-state index contributed by atoms with van der Waals surface area (Å²) < 4.78 is 1.58. The second-order valence-corrected chi connectivity index (χ2v) is 97.9. The Kier molecular flexibility index (Phi) is 4.66. The summed E-state index contributed by atoms with van der Waals surface area (Å²) in [6, 6.07) is 10.8. The molecule has 0 atom stereocenters. The zero-order valence-electron chi connectivity index (χ0n) is 5.02. The molecule has 0 saturated carbocycles. The van der Waals surface area contributed by atoms with E-state index in [4.69, 9.17) is 0 Å². The second kappa shape index (κ2) is 4.50. The van der Waals surface area contributed by atoms with E-state index in [1.54, 1.807) is 3.32 Å². The molecule has 0 radical (unpaired) electrons. The molecule has 0 aromatic heterocycles. The molecule has 0 N–H and O–H groups in total. The van der Waals surface area contributed by atoms with Crippen LogP contribution in [0.1, 0.15) is 0 Å². The summed E-state index contributed by atoms with van der Waals surface area (Å²) >= 11 is 7.91. The van der Waals surface area contributed by atoms with E-state index in [0.717, 1.165) is 0 Å². The molecule has 1 aromatic rings. The molecule has 0 heterocycles. The molecule has 1 rings (SSSR count). The third kappa shape index (κ3) is 3.34. The van der Waals surface area contributed by atoms with E-state index < -0.39 is 7.50 Å². The quantitative estimate of drug-likeness (QED) is 0.328. The van der Waals surface area contributed by atoms with E-state index in [1.807, 2.05) is 0 Å². The number of rotatable bonds is 1. The normalized spacial score (nSPS) is 11.5. The first-order chi connectivity index (χ1) is 4.61. The van der Waals surface area contributed by atoms with Crippen molar-refractivity contribution in [2.45, 2.75) is 0 Å². The molecule has 0 aliphatic rings. The summed E-state index contributed by atoms with van der Waals surface area (Å²) in [4.78, 5) is 0. The molecule has 0 bridgehead atoms. The number of hydrogen-bond donors (Lipinski definition) is 0. The molecule has 54 valence electrons. The molecular weight excluding hydrogens is 631 g/mol. The molecule has 10 heavy (non-hydrogen) atoms. The fourth-order valence-corrected chi connectivity index (χ4v) is 11.5. The fraction of sp³-hybridized carbons (Fsp3) is 0. The Balaban J connectivity index is 2.97. The maximum atomic E-state index is 2.64. The zero-order chi connectivity index (χ0) is 7.61. The fourth-order valence-electron chi connectivity index (χ4n) is 0.627. The van der Waals surface area contributed by atoms with Crippen LogP contribution in [-0.2, 0) is 7.50 Å². The van der Waals surface area contributed by atoms with Gasteiger partial charge in [0, 0.05) is 0 Å². The van der Waals surface area contributed by atoms with Crippen molar-refractivity contribution in [2.75, 3.05) is 0 Å². The molecule has 0 aliphatic carbocycles. The number of halogens is 3. The van der Waals surface area contributed by atoms with E-state index in [-0.39, 0.29) is 0 Å². The van der Waals surface area contributed by atoms with E-state index in [2.05, 4.69) is 84.7 Å². The Bertz CT molecular complexity index is 204. The topological polar surface area (TPSA) is 0 Å². The van der Waals surface area contributed by atoms with Gasteiger partial charge in [-0.3, -0.25) is 0 Å². The second-order valence-electron chi connectivity index (χ2n) is 1.86. The van der Waals surface area contributed by atoms with Gasteiger partial charge in [-0.1, -0.05) is 0 Å². The van der Waals surface area contributed by atoms with Gasteiger partial charge in [-0.25, -0.2) is 0 Å². The van der Waals surface area contributed by atoms with Crippen LogP contribution in [0.4, 0.5) is 0 Å². The first-order valence-corrected chi connectivity index (χ1v) is 35.1. The first-order valence-electron chi connectivity index (χ1n) is 2.73. The number of hydrogen-bond acceptors (Lipinski definition) is 0. The average molecular weight is 636 g/mol. The predicted octanol–water partition coefficient (Wildman–Crippen LogP) is 3.52. The summed E-state index contributed by atoms with van der Waals surface area (Å²) in [7, 11) is -1.92. The maximum absolute atomic E-state index is 2.64. The molecule has 0 fully saturated rings. The average Bonchev–Trinajstić information content (AvgIpc) is 1.88. The molecule has 4 heteroatoms. The van der Waals surface area contributed by atoms with E-state index in [9.17, 15) is 0 Å². The van der Waals surface area contributed by atoms with Gasteiger partial charge in [0.05, 0.1) is 0 Å². The molecule has 0 unspecified atom stereocenters. The van der Waals surface area contributed by atoms with Gasteiger partial charge in [-0.15, -0.1) is 0 Å². The van der Waals surface area contributed by atoms with Gasteiger partial charge in [0.1, 0.15) is 0 Å². The van der Waals surface area contributed by atoms with Crippen molar-refractivity contribution in [1.82, 2.24) is 0 Å². The van der Waals surface area contributed by atoms with Crippen molar-refractivity contribution >= 4 is 57.7 Å². The summed E-state index contributed by atoms with van der Waals surface area (Å²) in [5.41, 5.74) is 0. The summed E-state index contributed by atoms with van der Waals surface area (Å²) in [5.74, 6) is 0. The van der Waals surface area contributed by atoms with Crippen molar-refractivity contribution in [3.63, 3.8) is 0 Å². The van der Waals surface area contributed by atoms with Crippen LogP contribution in [0.3, 0.4) is 0 Å². The van der Waals surface area contributed by atoms with Gasteiger partial charge in [0.15, 0.2) is 0 Å². The Morgan fingerprint density at radius 1 is 0.900 bits per heavy atom. The molecule has 0 spiro atoms. The Morgan fingerprint density at radius 3 is 1.70 bits per heavy atom. The first kappa shape index (κ1) is 10.4. The van der Waals surface area contributed by atoms with Crippen molar-refractivity contribution in [1.29, 1.82) is 0 Å². The third-order valence-corrected chi connectivity index (χ3v) is 19.9. The van der Waals surface area contributed by atoms with Crippen LogP contribution >= 0.6 is 54.4 Å². The van der Waals surface area contributed by atoms with Crippen LogP contribution in [0.25, 0.3) is 0 Å². The monoisotopic (exact) mass is 638 g/mol. The molecule has 0 amide bonds. The van der Waals surface area contributed by atoms with Crippen LogP contribution in [0, 0.1) is 0 Å². The van der Waals surface area contributed by atoms with Crippen LogP contribution < -0.4 is 3.32 Å². The van der Waals surface area contributed by atoms with Gasteiger partial charge in [0.2, 0.25) is 0 Å². The standard InChI is InChI=1S/C6H5.Hf.3HI/c1-2-4-6-5-3-1;;;;/h1-5H;;3*1H/q;+3;;;/p-3. The Hall–Kier alpha value is 2.28. The predicted molar refractivity (Wildman–Crippen MR) is 68.1 cm³/mol. The Morgan fingerprint density at radius 2 is 1.40 bits per heavy atom. The number of benzene rings is 1. The van der Waals surface area contributed by atoms with E-state index in [1.165, 1.54) is 0 Å². The van der Waals surface area contributed by atoms with Gasteiger partial charge in [-0.2, -0.15) is 0 Å². The minimum absolute atomic E-state index is 1.58. The summed E-state index contributed by atoms with van der Waals surface area (Å²) in [6.45, 7) is 0.